The Morgan fingerprint density at radius 2 is 1.74 bits per heavy atom. The standard InChI is InChI=1S/C28H26N2O4/c1-20-7-3-6-10-25(20)33-15-16-34-26-12-11-21(18-27(26)32-2)17-23(19-29)28(31)30-14-13-22-8-4-5-9-24(22)30/h3-12,17-18H,13-16H2,1-2H3. The highest BCUT2D eigenvalue weighted by atomic mass is 16.5. The first-order chi connectivity index (χ1) is 16.6. The molecule has 0 saturated carbocycles. The van der Waals surface area contributed by atoms with E-state index in [1.165, 1.54) is 0 Å². The third-order valence-electron chi connectivity index (χ3n) is 5.67. The number of fused-ring (bicyclic) bond motifs is 1. The highest BCUT2D eigenvalue weighted by molar-refractivity contribution is 6.12. The molecule has 3 aromatic carbocycles. The predicted octanol–water partition coefficient (Wildman–Crippen LogP) is 4.96. The Kier molecular flexibility index (Phi) is 7.14. The zero-order valence-electron chi connectivity index (χ0n) is 19.3. The lowest BCUT2D eigenvalue weighted by Crippen LogP contribution is -2.29. The average Bonchev–Trinajstić information content (AvgIpc) is 3.30. The summed E-state index contributed by atoms with van der Waals surface area (Å²) < 4.78 is 17.1. The van der Waals surface area contributed by atoms with E-state index in [1.54, 1.807) is 36.3 Å². The van der Waals surface area contributed by atoms with E-state index in [9.17, 15) is 10.1 Å². The molecule has 0 bridgehead atoms. The lowest BCUT2D eigenvalue weighted by atomic mass is 10.1. The van der Waals surface area contributed by atoms with Gasteiger partial charge in [0.25, 0.3) is 5.91 Å². The second kappa shape index (κ2) is 10.6. The Bertz CT molecular complexity index is 1260. The van der Waals surface area contributed by atoms with Crippen molar-refractivity contribution in [1.82, 2.24) is 0 Å². The SMILES string of the molecule is COc1cc(C=C(C#N)C(=O)N2CCc3ccccc32)ccc1OCCOc1ccccc1C. The number of carbonyl (C=O) groups excluding carboxylic acids is 1. The lowest BCUT2D eigenvalue weighted by molar-refractivity contribution is -0.114. The third kappa shape index (κ3) is 5.05. The fourth-order valence-electron chi connectivity index (χ4n) is 3.92. The molecule has 0 saturated heterocycles. The second-order valence-electron chi connectivity index (χ2n) is 7.88. The summed E-state index contributed by atoms with van der Waals surface area (Å²) in [7, 11) is 1.55. The highest BCUT2D eigenvalue weighted by Crippen LogP contribution is 2.31. The summed E-state index contributed by atoms with van der Waals surface area (Å²) >= 11 is 0. The highest BCUT2D eigenvalue weighted by Gasteiger charge is 2.26. The van der Waals surface area contributed by atoms with Gasteiger partial charge in [0.1, 0.15) is 30.6 Å². The van der Waals surface area contributed by atoms with Crippen molar-refractivity contribution in [2.24, 2.45) is 0 Å². The molecule has 0 unspecified atom stereocenters. The van der Waals surface area contributed by atoms with Crippen molar-refractivity contribution >= 4 is 17.7 Å². The molecular weight excluding hydrogens is 428 g/mol. The van der Waals surface area contributed by atoms with Crippen LogP contribution in [0.5, 0.6) is 17.2 Å². The number of benzene rings is 3. The number of hydrogen-bond donors (Lipinski definition) is 0. The molecule has 4 rings (SSSR count). The largest absolute Gasteiger partial charge is 0.493 e. The van der Waals surface area contributed by atoms with Gasteiger partial charge >= 0.3 is 0 Å². The molecule has 0 aliphatic carbocycles. The number of aryl methyl sites for hydroxylation is 1. The average molecular weight is 455 g/mol. The Labute approximate surface area is 199 Å². The Balaban J connectivity index is 1.43. The first-order valence-electron chi connectivity index (χ1n) is 11.1. The number of para-hydroxylation sites is 2. The zero-order valence-corrected chi connectivity index (χ0v) is 19.3. The van der Waals surface area contributed by atoms with Crippen molar-refractivity contribution in [2.45, 2.75) is 13.3 Å². The number of anilines is 1. The molecule has 6 nitrogen and oxygen atoms in total. The molecule has 0 radical (unpaired) electrons. The molecule has 0 atom stereocenters. The number of hydrogen-bond acceptors (Lipinski definition) is 5. The molecule has 0 spiro atoms. The number of methoxy groups -OCH3 is 1. The predicted molar refractivity (Wildman–Crippen MR) is 131 cm³/mol. The summed E-state index contributed by atoms with van der Waals surface area (Å²) in [6.07, 6.45) is 2.37. The minimum absolute atomic E-state index is 0.0686. The Morgan fingerprint density at radius 1 is 1.00 bits per heavy atom. The van der Waals surface area contributed by atoms with E-state index in [0.29, 0.717) is 36.8 Å². The number of nitriles is 1. The van der Waals surface area contributed by atoms with E-state index >= 15 is 0 Å². The van der Waals surface area contributed by atoms with Crippen molar-refractivity contribution in [2.75, 3.05) is 31.8 Å². The maximum atomic E-state index is 13.0. The molecule has 6 heteroatoms. The van der Waals surface area contributed by atoms with Crippen molar-refractivity contribution in [3.63, 3.8) is 0 Å². The van der Waals surface area contributed by atoms with E-state index < -0.39 is 0 Å². The van der Waals surface area contributed by atoms with Crippen LogP contribution in [0.15, 0.2) is 72.3 Å². The molecule has 0 N–H and O–H groups in total. The van der Waals surface area contributed by atoms with Crippen LogP contribution in [0, 0.1) is 18.3 Å². The second-order valence-corrected chi connectivity index (χ2v) is 7.88. The number of amides is 1. The smallest absolute Gasteiger partial charge is 0.268 e. The third-order valence-corrected chi connectivity index (χ3v) is 5.67. The molecule has 0 fully saturated rings. The van der Waals surface area contributed by atoms with E-state index in [2.05, 4.69) is 6.07 Å². The van der Waals surface area contributed by atoms with Gasteiger partial charge in [-0.3, -0.25) is 4.79 Å². The molecular formula is C28H26N2O4. The molecule has 1 aliphatic heterocycles. The van der Waals surface area contributed by atoms with Gasteiger partial charge in [-0.2, -0.15) is 5.26 Å². The molecule has 0 aromatic heterocycles. The number of carbonyl (C=O) groups is 1. The van der Waals surface area contributed by atoms with Crippen molar-refractivity contribution in [3.05, 3.63) is 89.0 Å². The van der Waals surface area contributed by atoms with Crippen LogP contribution >= 0.6 is 0 Å². The summed E-state index contributed by atoms with van der Waals surface area (Å²) in [6.45, 7) is 3.29. The maximum Gasteiger partial charge on any atom is 0.268 e. The van der Waals surface area contributed by atoms with Gasteiger partial charge in [0.2, 0.25) is 0 Å². The molecule has 1 amide bonds. The van der Waals surface area contributed by atoms with Crippen LogP contribution in [0.3, 0.4) is 0 Å². The van der Waals surface area contributed by atoms with Crippen LogP contribution < -0.4 is 19.1 Å². The van der Waals surface area contributed by atoms with Crippen molar-refractivity contribution < 1.29 is 19.0 Å². The minimum Gasteiger partial charge on any atom is -0.493 e. The zero-order chi connectivity index (χ0) is 23.9. The number of rotatable bonds is 8. The summed E-state index contributed by atoms with van der Waals surface area (Å²) in [4.78, 5) is 14.7. The number of nitrogens with zero attached hydrogens (tertiary/aromatic N) is 2. The van der Waals surface area contributed by atoms with E-state index in [1.807, 2.05) is 55.5 Å². The van der Waals surface area contributed by atoms with Gasteiger partial charge < -0.3 is 19.1 Å². The molecule has 34 heavy (non-hydrogen) atoms. The van der Waals surface area contributed by atoms with Gasteiger partial charge in [0, 0.05) is 12.2 Å². The summed E-state index contributed by atoms with van der Waals surface area (Å²) in [5.74, 6) is 1.60. The van der Waals surface area contributed by atoms with Crippen molar-refractivity contribution in [1.29, 1.82) is 5.26 Å². The van der Waals surface area contributed by atoms with Crippen LogP contribution in [0.1, 0.15) is 16.7 Å². The van der Waals surface area contributed by atoms with Gasteiger partial charge in [0.15, 0.2) is 11.5 Å². The van der Waals surface area contributed by atoms with Gasteiger partial charge in [-0.15, -0.1) is 0 Å². The van der Waals surface area contributed by atoms with Gasteiger partial charge in [-0.05, 0) is 60.4 Å². The van der Waals surface area contributed by atoms with Crippen LogP contribution in [0.25, 0.3) is 6.08 Å². The van der Waals surface area contributed by atoms with Crippen LogP contribution in [-0.4, -0.2) is 32.8 Å². The fraction of sp³-hybridized carbons (Fsp3) is 0.214. The van der Waals surface area contributed by atoms with Gasteiger partial charge in [-0.25, -0.2) is 0 Å². The topological polar surface area (TPSA) is 71.8 Å². The minimum atomic E-state index is -0.305. The first kappa shape index (κ1) is 22.9. The summed E-state index contributed by atoms with van der Waals surface area (Å²) in [5, 5.41) is 9.67. The first-order valence-corrected chi connectivity index (χ1v) is 11.1. The van der Waals surface area contributed by atoms with Gasteiger partial charge in [0.05, 0.1) is 7.11 Å². The summed E-state index contributed by atoms with van der Waals surface area (Å²) in [6, 6.07) is 23.0. The normalized spacial score (nSPS) is 12.6. The van der Waals surface area contributed by atoms with Crippen LogP contribution in [0.2, 0.25) is 0 Å². The fourth-order valence-corrected chi connectivity index (χ4v) is 3.92. The van der Waals surface area contributed by atoms with Gasteiger partial charge in [-0.1, -0.05) is 42.5 Å². The monoisotopic (exact) mass is 454 g/mol. The Hall–Kier alpha value is -4.24. The quantitative estimate of drug-likeness (QED) is 0.273. The van der Waals surface area contributed by atoms with Crippen LogP contribution in [0.4, 0.5) is 5.69 Å². The maximum absolute atomic E-state index is 13.0. The van der Waals surface area contributed by atoms with Crippen LogP contribution in [-0.2, 0) is 11.2 Å². The molecule has 1 aliphatic rings. The summed E-state index contributed by atoms with van der Waals surface area (Å²) in [5.41, 5.74) is 3.79. The van der Waals surface area contributed by atoms with E-state index in [4.69, 9.17) is 14.2 Å². The van der Waals surface area contributed by atoms with E-state index in [-0.39, 0.29) is 11.5 Å². The lowest BCUT2D eigenvalue weighted by Gasteiger charge is -2.17. The number of ether oxygens (including phenoxy) is 3. The molecule has 172 valence electrons. The molecule has 1 heterocycles. The van der Waals surface area contributed by atoms with Crippen molar-refractivity contribution in [3.8, 4) is 23.3 Å². The molecule has 3 aromatic rings. The van der Waals surface area contributed by atoms with E-state index in [0.717, 1.165) is 29.0 Å². The Morgan fingerprint density at radius 3 is 2.50 bits per heavy atom.